The molecule has 0 spiro atoms. The van der Waals surface area contributed by atoms with E-state index in [9.17, 15) is 4.79 Å². The summed E-state index contributed by atoms with van der Waals surface area (Å²) in [6.07, 6.45) is 0. The maximum Gasteiger partial charge on any atom is 0.272 e. The Hall–Kier alpha value is -2.44. The van der Waals surface area contributed by atoms with E-state index >= 15 is 0 Å². The Morgan fingerprint density at radius 2 is 1.85 bits per heavy atom. The Morgan fingerprint density at radius 1 is 1.08 bits per heavy atom. The molecule has 134 valence electrons. The van der Waals surface area contributed by atoms with Crippen molar-refractivity contribution in [3.8, 4) is 10.6 Å². The van der Waals surface area contributed by atoms with Crippen LogP contribution < -0.4 is 0 Å². The number of piperazine rings is 1. The number of benzene rings is 1. The van der Waals surface area contributed by atoms with Crippen molar-refractivity contribution < 1.29 is 4.79 Å². The third-order valence-corrected chi connectivity index (χ3v) is 5.67. The lowest BCUT2D eigenvalue weighted by atomic mass is 10.2. The molecule has 1 saturated heterocycles. The summed E-state index contributed by atoms with van der Waals surface area (Å²) in [5.41, 5.74) is 2.85. The van der Waals surface area contributed by atoms with Crippen molar-refractivity contribution in [2.45, 2.75) is 6.54 Å². The van der Waals surface area contributed by atoms with Crippen molar-refractivity contribution in [1.82, 2.24) is 19.6 Å². The molecule has 1 aromatic carbocycles. The van der Waals surface area contributed by atoms with Gasteiger partial charge in [0.2, 0.25) is 0 Å². The molecule has 1 fully saturated rings. The van der Waals surface area contributed by atoms with Gasteiger partial charge in [0.25, 0.3) is 5.91 Å². The Labute approximate surface area is 157 Å². The molecule has 0 radical (unpaired) electrons. The molecule has 4 rings (SSSR count). The Bertz CT molecular complexity index is 865. The van der Waals surface area contributed by atoms with Crippen LogP contribution in [0.15, 0.2) is 53.9 Å². The predicted octanol–water partition coefficient (Wildman–Crippen LogP) is 3.11. The van der Waals surface area contributed by atoms with Gasteiger partial charge >= 0.3 is 0 Å². The number of amides is 1. The van der Waals surface area contributed by atoms with Crippen LogP contribution in [0.3, 0.4) is 0 Å². The van der Waals surface area contributed by atoms with Crippen LogP contribution in [0.5, 0.6) is 0 Å². The maximum absolute atomic E-state index is 12.9. The minimum atomic E-state index is 0.0715. The average Bonchev–Trinajstić information content (AvgIpc) is 3.32. The molecule has 5 nitrogen and oxygen atoms in total. The van der Waals surface area contributed by atoms with Crippen molar-refractivity contribution in [2.75, 3.05) is 26.2 Å². The highest BCUT2D eigenvalue weighted by Crippen LogP contribution is 2.24. The SMILES string of the molecule is Cn1nc(-c2cccs2)cc1C(=O)N1CCN(Cc2ccccc2)CC1. The summed E-state index contributed by atoms with van der Waals surface area (Å²) in [5, 5.41) is 6.53. The molecular formula is C20H22N4OS. The van der Waals surface area contributed by atoms with Gasteiger partial charge in [0.05, 0.1) is 4.88 Å². The van der Waals surface area contributed by atoms with Crippen molar-refractivity contribution in [2.24, 2.45) is 7.05 Å². The molecule has 6 heteroatoms. The lowest BCUT2D eigenvalue weighted by Crippen LogP contribution is -2.48. The van der Waals surface area contributed by atoms with Crippen molar-refractivity contribution >= 4 is 17.2 Å². The third kappa shape index (κ3) is 3.57. The zero-order valence-electron chi connectivity index (χ0n) is 14.8. The van der Waals surface area contributed by atoms with Gasteiger partial charge in [-0.05, 0) is 23.1 Å². The standard InChI is InChI=1S/C20H22N4OS/c1-22-18(14-17(21-22)19-8-5-13-26-19)20(25)24-11-9-23(10-12-24)15-16-6-3-2-4-7-16/h2-8,13-14H,9-12,15H2,1H3. The van der Waals surface area contributed by atoms with E-state index in [4.69, 9.17) is 0 Å². The lowest BCUT2D eigenvalue weighted by Gasteiger charge is -2.34. The first kappa shape index (κ1) is 17.0. The highest BCUT2D eigenvalue weighted by atomic mass is 32.1. The van der Waals surface area contributed by atoms with E-state index < -0.39 is 0 Å². The van der Waals surface area contributed by atoms with Gasteiger partial charge in [-0.15, -0.1) is 11.3 Å². The van der Waals surface area contributed by atoms with Gasteiger partial charge in [0.15, 0.2) is 0 Å². The van der Waals surface area contributed by atoms with Gasteiger partial charge in [0, 0.05) is 39.8 Å². The number of rotatable bonds is 4. The van der Waals surface area contributed by atoms with E-state index in [-0.39, 0.29) is 5.91 Å². The topological polar surface area (TPSA) is 41.4 Å². The number of nitrogens with zero attached hydrogens (tertiary/aromatic N) is 4. The number of hydrogen-bond acceptors (Lipinski definition) is 4. The second-order valence-electron chi connectivity index (χ2n) is 6.57. The van der Waals surface area contributed by atoms with Gasteiger partial charge in [-0.3, -0.25) is 14.4 Å². The molecule has 1 aliphatic rings. The van der Waals surface area contributed by atoms with Crippen molar-refractivity contribution in [3.63, 3.8) is 0 Å². The van der Waals surface area contributed by atoms with Crippen LogP contribution in [-0.2, 0) is 13.6 Å². The molecule has 2 aromatic heterocycles. The summed E-state index contributed by atoms with van der Waals surface area (Å²) in [6, 6.07) is 16.4. The average molecular weight is 366 g/mol. The molecule has 0 N–H and O–H groups in total. The third-order valence-electron chi connectivity index (χ3n) is 4.78. The fourth-order valence-electron chi connectivity index (χ4n) is 3.32. The predicted molar refractivity (Wildman–Crippen MR) is 104 cm³/mol. The summed E-state index contributed by atoms with van der Waals surface area (Å²) >= 11 is 1.64. The Balaban J connectivity index is 1.39. The van der Waals surface area contributed by atoms with Gasteiger partial charge < -0.3 is 4.90 Å². The normalized spacial score (nSPS) is 15.3. The van der Waals surface area contributed by atoms with E-state index in [1.165, 1.54) is 5.56 Å². The smallest absolute Gasteiger partial charge is 0.272 e. The number of hydrogen-bond donors (Lipinski definition) is 0. The number of aryl methyl sites for hydroxylation is 1. The molecule has 0 aliphatic carbocycles. The molecule has 26 heavy (non-hydrogen) atoms. The van der Waals surface area contributed by atoms with Crippen LogP contribution in [0.25, 0.3) is 10.6 Å². The van der Waals surface area contributed by atoms with Crippen LogP contribution in [0.1, 0.15) is 16.1 Å². The molecular weight excluding hydrogens is 344 g/mol. The largest absolute Gasteiger partial charge is 0.335 e. The second-order valence-corrected chi connectivity index (χ2v) is 7.52. The number of aromatic nitrogens is 2. The van der Waals surface area contributed by atoms with Gasteiger partial charge in [0.1, 0.15) is 11.4 Å². The van der Waals surface area contributed by atoms with E-state index in [0.717, 1.165) is 43.3 Å². The fourth-order valence-corrected chi connectivity index (χ4v) is 4.01. The minimum Gasteiger partial charge on any atom is -0.335 e. The van der Waals surface area contributed by atoms with Gasteiger partial charge in [-0.25, -0.2) is 0 Å². The highest BCUT2D eigenvalue weighted by molar-refractivity contribution is 7.13. The molecule has 3 heterocycles. The van der Waals surface area contributed by atoms with Crippen LogP contribution in [0, 0.1) is 0 Å². The first-order valence-electron chi connectivity index (χ1n) is 8.84. The second kappa shape index (κ2) is 7.43. The van der Waals surface area contributed by atoms with Crippen LogP contribution in [0.2, 0.25) is 0 Å². The highest BCUT2D eigenvalue weighted by Gasteiger charge is 2.25. The summed E-state index contributed by atoms with van der Waals surface area (Å²) in [7, 11) is 1.84. The summed E-state index contributed by atoms with van der Waals surface area (Å²) in [4.78, 5) is 18.4. The number of carbonyl (C=O) groups is 1. The molecule has 0 saturated carbocycles. The summed E-state index contributed by atoms with van der Waals surface area (Å²) < 4.78 is 1.70. The zero-order chi connectivity index (χ0) is 17.9. The zero-order valence-corrected chi connectivity index (χ0v) is 15.7. The Morgan fingerprint density at radius 3 is 2.54 bits per heavy atom. The van der Waals surface area contributed by atoms with Gasteiger partial charge in [-0.1, -0.05) is 36.4 Å². The fraction of sp³-hybridized carbons (Fsp3) is 0.300. The first-order chi connectivity index (χ1) is 12.7. The first-order valence-corrected chi connectivity index (χ1v) is 9.72. The van der Waals surface area contributed by atoms with Crippen molar-refractivity contribution in [1.29, 1.82) is 0 Å². The van der Waals surface area contributed by atoms with Crippen molar-refractivity contribution in [3.05, 3.63) is 65.2 Å². The molecule has 1 amide bonds. The minimum absolute atomic E-state index is 0.0715. The quantitative estimate of drug-likeness (QED) is 0.712. The van der Waals surface area contributed by atoms with E-state index in [2.05, 4.69) is 34.3 Å². The molecule has 1 aliphatic heterocycles. The summed E-state index contributed by atoms with van der Waals surface area (Å²) in [5.74, 6) is 0.0715. The number of carbonyl (C=O) groups excluding carboxylic acids is 1. The van der Waals surface area contributed by atoms with Crippen LogP contribution in [0.4, 0.5) is 0 Å². The van der Waals surface area contributed by atoms with E-state index in [1.807, 2.05) is 41.6 Å². The van der Waals surface area contributed by atoms with Gasteiger partial charge in [-0.2, -0.15) is 5.10 Å². The van der Waals surface area contributed by atoms with E-state index in [1.54, 1.807) is 16.0 Å². The molecule has 3 aromatic rings. The van der Waals surface area contributed by atoms with Crippen LogP contribution >= 0.6 is 11.3 Å². The molecule has 0 unspecified atom stereocenters. The summed E-state index contributed by atoms with van der Waals surface area (Å²) in [6.45, 7) is 4.25. The van der Waals surface area contributed by atoms with Crippen LogP contribution in [-0.4, -0.2) is 51.7 Å². The maximum atomic E-state index is 12.9. The Kier molecular flexibility index (Phi) is 4.86. The number of thiophene rings is 1. The molecule has 0 bridgehead atoms. The molecule has 0 atom stereocenters. The van der Waals surface area contributed by atoms with E-state index in [0.29, 0.717) is 5.69 Å². The lowest BCUT2D eigenvalue weighted by molar-refractivity contribution is 0.0618. The monoisotopic (exact) mass is 366 g/mol.